The minimum absolute atomic E-state index is 0.0746. The number of benzene rings is 6. The molecule has 0 aliphatic carbocycles. The van der Waals surface area contributed by atoms with Gasteiger partial charge in [0, 0.05) is 43.9 Å². The van der Waals surface area contributed by atoms with E-state index in [-0.39, 0.29) is 101 Å². The van der Waals surface area contributed by atoms with Crippen molar-refractivity contribution in [3.8, 4) is 0 Å². The molecule has 0 aromatic heterocycles. The zero-order chi connectivity index (χ0) is 68.1. The zero-order valence-corrected chi connectivity index (χ0v) is 52.7. The van der Waals surface area contributed by atoms with E-state index in [4.69, 9.17) is 44.6 Å². The summed E-state index contributed by atoms with van der Waals surface area (Å²) in [6, 6.07) is 42.9. The SMILES string of the molecule is N=C(N)NCCC[C@@H]1NC(=O)[C@H](CCCNC(=N)N)NC(=O)[C@H](C(c2ccccc2)c2ccccc2)NC(=O)[C@H](C(c2ccccc2)c2ccccc2)NC(=O)[C@H](CCCNC(=N)N)NC(=O)[C@H](CCCNC(=N)N)NC(=O)[C@H](C(c2ccccc2)c2ccccc2)NC1=O. The van der Waals surface area contributed by atoms with Crippen LogP contribution in [0.4, 0.5) is 0 Å². The van der Waals surface area contributed by atoms with Gasteiger partial charge in [-0.05, 0) is 84.7 Å². The quantitative estimate of drug-likeness (QED) is 0.0221. The molecule has 7 amide bonds. The van der Waals surface area contributed by atoms with E-state index < -0.39 is 101 Å². The van der Waals surface area contributed by atoms with E-state index in [0.717, 1.165) is 0 Å². The molecule has 1 heterocycles. The Hall–Kier alpha value is -11.3. The van der Waals surface area contributed by atoms with Crippen molar-refractivity contribution >= 4 is 65.2 Å². The highest BCUT2D eigenvalue weighted by Gasteiger charge is 2.42. The second-order valence-corrected chi connectivity index (χ2v) is 23.0. The van der Waals surface area contributed by atoms with Crippen molar-refractivity contribution in [2.24, 2.45) is 22.9 Å². The number of hydrogen-bond donors (Lipinski definition) is 19. The summed E-state index contributed by atoms with van der Waals surface area (Å²) in [6.07, 6.45) is 0.0334. The first-order chi connectivity index (χ1) is 45.9. The van der Waals surface area contributed by atoms with Crippen molar-refractivity contribution in [3.63, 3.8) is 0 Å². The highest BCUT2D eigenvalue weighted by atomic mass is 16.2. The second-order valence-electron chi connectivity index (χ2n) is 23.0. The standard InChI is InChI=1S/C69H87N19O7/c70-66(71)78-39-19-35-49-59(89)83-52(38-22-42-81-69(76)77)62(92)87-58(55(47-31-15-5-16-32-47)48-33-17-6-18-34-48)65(95)88-57(54(45-27-11-3-12-28-45)46-29-13-4-14-30-46)64(94)85-50(36-20-40-79-67(72)73)60(90)82-51(37-21-41-80-68(74)75)61(91)86-56(63(93)84-49)53(43-23-7-1-8-24-43)44-25-9-2-10-26-44/h1-18,23-34,49-58H,19-22,35-42H2,(H,82,90)(H,83,89)(H,84,93)(H,85,94)(H,86,91)(H,87,92)(H,88,95)(H4,70,71,78)(H4,72,73,79)(H4,74,75,80)(H4,76,77,81)/t49-,50-,51-,52-,56-,57-,58-/m0/s1. The maximum atomic E-state index is 16.2. The van der Waals surface area contributed by atoms with Gasteiger partial charge in [-0.25, -0.2) is 0 Å². The summed E-state index contributed by atoms with van der Waals surface area (Å²) in [5, 5.41) is 63.1. The van der Waals surface area contributed by atoms with Crippen molar-refractivity contribution in [3.05, 3.63) is 215 Å². The lowest BCUT2D eigenvalue weighted by Gasteiger charge is -2.34. The molecule has 1 aliphatic rings. The van der Waals surface area contributed by atoms with Crippen LogP contribution in [0.5, 0.6) is 0 Å². The molecule has 26 heteroatoms. The molecule has 6 aromatic rings. The van der Waals surface area contributed by atoms with E-state index >= 15 is 33.6 Å². The molecular weight excluding hydrogens is 1210 g/mol. The van der Waals surface area contributed by atoms with Gasteiger partial charge in [-0.3, -0.25) is 55.2 Å². The average molecular weight is 1290 g/mol. The minimum Gasteiger partial charge on any atom is -0.370 e. The van der Waals surface area contributed by atoms with Crippen LogP contribution in [-0.4, -0.2) is 134 Å². The maximum absolute atomic E-state index is 16.2. The Morgan fingerprint density at radius 2 is 0.453 bits per heavy atom. The molecule has 95 heavy (non-hydrogen) atoms. The van der Waals surface area contributed by atoms with Crippen molar-refractivity contribution in [1.29, 1.82) is 21.6 Å². The molecule has 0 radical (unpaired) electrons. The fourth-order valence-electron chi connectivity index (χ4n) is 11.6. The molecule has 0 spiro atoms. The first kappa shape index (κ1) is 71.1. The molecule has 23 N–H and O–H groups in total. The van der Waals surface area contributed by atoms with Crippen LogP contribution in [0.3, 0.4) is 0 Å². The predicted octanol–water partition coefficient (Wildman–Crippen LogP) is 1.94. The summed E-state index contributed by atoms with van der Waals surface area (Å²) in [5.74, 6) is -10.3. The number of rotatable bonds is 25. The summed E-state index contributed by atoms with van der Waals surface area (Å²) >= 11 is 0. The van der Waals surface area contributed by atoms with Gasteiger partial charge in [-0.2, -0.15) is 0 Å². The van der Waals surface area contributed by atoms with Crippen molar-refractivity contribution in [2.45, 2.75) is 111 Å². The molecule has 7 rings (SSSR count). The van der Waals surface area contributed by atoms with E-state index in [0.29, 0.717) is 33.4 Å². The van der Waals surface area contributed by atoms with Crippen molar-refractivity contribution < 1.29 is 33.6 Å². The van der Waals surface area contributed by atoms with Crippen LogP contribution in [0.1, 0.15) is 103 Å². The number of nitrogens with two attached hydrogens (primary N) is 4. The highest BCUT2D eigenvalue weighted by Crippen LogP contribution is 2.33. The lowest BCUT2D eigenvalue weighted by molar-refractivity contribution is -0.135. The smallest absolute Gasteiger partial charge is 0.244 e. The molecule has 7 atom stereocenters. The van der Waals surface area contributed by atoms with Crippen LogP contribution in [0.15, 0.2) is 182 Å². The van der Waals surface area contributed by atoms with Crippen LogP contribution in [0.25, 0.3) is 0 Å². The molecule has 0 bridgehead atoms. The number of carbonyl (C=O) groups excluding carboxylic acids is 7. The Bertz CT molecular complexity index is 3280. The Labute approximate surface area is 552 Å². The highest BCUT2D eigenvalue weighted by molar-refractivity contribution is 6.00. The first-order valence-corrected chi connectivity index (χ1v) is 31.6. The molecule has 1 fully saturated rings. The molecule has 1 saturated heterocycles. The summed E-state index contributed by atoms with van der Waals surface area (Å²) in [6.45, 7) is 0.299. The normalized spacial score (nSPS) is 19.2. The van der Waals surface area contributed by atoms with Crippen molar-refractivity contribution in [2.75, 3.05) is 26.2 Å². The predicted molar refractivity (Wildman–Crippen MR) is 364 cm³/mol. The van der Waals surface area contributed by atoms with Crippen LogP contribution in [-0.2, 0) is 33.6 Å². The molecule has 26 nitrogen and oxygen atoms in total. The van der Waals surface area contributed by atoms with Crippen molar-refractivity contribution in [1.82, 2.24) is 58.5 Å². The van der Waals surface area contributed by atoms with E-state index in [1.807, 2.05) is 0 Å². The number of amides is 7. The van der Waals surface area contributed by atoms with Gasteiger partial charge >= 0.3 is 0 Å². The lowest BCUT2D eigenvalue weighted by atomic mass is 9.82. The van der Waals surface area contributed by atoms with Gasteiger partial charge in [0.15, 0.2) is 23.8 Å². The van der Waals surface area contributed by atoms with Crippen LogP contribution in [0, 0.1) is 21.6 Å². The van der Waals surface area contributed by atoms with Gasteiger partial charge < -0.3 is 81.4 Å². The number of nitrogens with one attached hydrogen (secondary N) is 15. The van der Waals surface area contributed by atoms with E-state index in [2.05, 4.69) is 58.5 Å². The van der Waals surface area contributed by atoms with E-state index in [1.54, 1.807) is 182 Å². The fourth-order valence-corrected chi connectivity index (χ4v) is 11.6. The van der Waals surface area contributed by atoms with Gasteiger partial charge in [-0.1, -0.05) is 182 Å². The second kappa shape index (κ2) is 36.7. The molecule has 0 unspecified atom stereocenters. The average Bonchev–Trinajstić information content (AvgIpc) is 0.894. The van der Waals surface area contributed by atoms with Crippen LogP contribution in [0.2, 0.25) is 0 Å². The third-order valence-corrected chi connectivity index (χ3v) is 16.2. The zero-order valence-electron chi connectivity index (χ0n) is 52.7. The largest absolute Gasteiger partial charge is 0.370 e. The number of carbonyl (C=O) groups is 7. The van der Waals surface area contributed by atoms with Crippen LogP contribution >= 0.6 is 0 Å². The number of guanidine groups is 4. The van der Waals surface area contributed by atoms with Crippen LogP contribution < -0.4 is 81.4 Å². The summed E-state index contributed by atoms with van der Waals surface area (Å²) in [5.41, 5.74) is 26.2. The number of hydrogen-bond acceptors (Lipinski definition) is 11. The molecule has 500 valence electrons. The van der Waals surface area contributed by atoms with Gasteiger partial charge in [0.25, 0.3) is 0 Å². The third kappa shape index (κ3) is 21.9. The van der Waals surface area contributed by atoms with Gasteiger partial charge in [0.1, 0.15) is 42.3 Å². The summed E-state index contributed by atoms with van der Waals surface area (Å²) < 4.78 is 0. The molecule has 1 aliphatic heterocycles. The molecule has 6 aromatic carbocycles. The molecule has 0 saturated carbocycles. The first-order valence-electron chi connectivity index (χ1n) is 31.6. The van der Waals surface area contributed by atoms with Gasteiger partial charge in [0.2, 0.25) is 41.4 Å². The Kier molecular flexibility index (Phi) is 27.4. The van der Waals surface area contributed by atoms with E-state index in [1.165, 1.54) is 0 Å². The Morgan fingerprint density at radius 3 is 0.653 bits per heavy atom. The Balaban J connectivity index is 1.48. The third-order valence-electron chi connectivity index (χ3n) is 16.2. The Morgan fingerprint density at radius 1 is 0.284 bits per heavy atom. The van der Waals surface area contributed by atoms with E-state index in [9.17, 15) is 0 Å². The summed E-state index contributed by atoms with van der Waals surface area (Å²) in [7, 11) is 0. The topological polar surface area (TPSA) is 451 Å². The lowest BCUT2D eigenvalue weighted by Crippen LogP contribution is -2.61. The monoisotopic (exact) mass is 1290 g/mol. The fraction of sp³-hybridized carbons (Fsp3) is 0.319. The minimum atomic E-state index is -1.59. The van der Waals surface area contributed by atoms with Gasteiger partial charge in [-0.15, -0.1) is 0 Å². The van der Waals surface area contributed by atoms with Gasteiger partial charge in [0.05, 0.1) is 0 Å². The maximum Gasteiger partial charge on any atom is 0.244 e. The molecular formula is C69H87N19O7. The summed E-state index contributed by atoms with van der Waals surface area (Å²) in [4.78, 5) is 110.